The molecule has 0 saturated carbocycles. The molecule has 4 nitrogen and oxygen atoms in total. The number of aryl methyl sites for hydroxylation is 1. The molecule has 2 rings (SSSR count). The first kappa shape index (κ1) is 20.0. The number of nitrogens with one attached hydrogen (secondary N) is 1. The van der Waals surface area contributed by atoms with Crippen molar-refractivity contribution < 1.29 is 9.53 Å². The summed E-state index contributed by atoms with van der Waals surface area (Å²) in [5, 5.41) is 2.93. The van der Waals surface area contributed by atoms with Crippen LogP contribution in [-0.4, -0.2) is 30.0 Å². The Bertz CT molecular complexity index is 694. The second kappa shape index (κ2) is 9.97. The van der Waals surface area contributed by atoms with E-state index in [9.17, 15) is 4.79 Å². The van der Waals surface area contributed by atoms with Crippen molar-refractivity contribution in [1.82, 2.24) is 4.90 Å². The summed E-state index contributed by atoms with van der Waals surface area (Å²) >= 11 is 0. The third-order valence-corrected chi connectivity index (χ3v) is 4.55. The molecule has 0 spiro atoms. The smallest absolute Gasteiger partial charge is 0.265 e. The summed E-state index contributed by atoms with van der Waals surface area (Å²) in [7, 11) is 0. The molecule has 0 bridgehead atoms. The minimum absolute atomic E-state index is 0.146. The fourth-order valence-corrected chi connectivity index (χ4v) is 2.80. The number of hydrogen-bond acceptors (Lipinski definition) is 3. The van der Waals surface area contributed by atoms with E-state index in [1.165, 1.54) is 5.56 Å². The fourth-order valence-electron chi connectivity index (χ4n) is 2.80. The molecule has 0 radical (unpaired) electrons. The Balaban J connectivity index is 1.94. The number of amides is 1. The molecule has 1 N–H and O–H groups in total. The monoisotopic (exact) mass is 354 g/mol. The van der Waals surface area contributed by atoms with E-state index in [2.05, 4.69) is 43.1 Å². The molecule has 0 fully saturated rings. The average Bonchev–Trinajstić information content (AvgIpc) is 2.67. The molecule has 0 aliphatic heterocycles. The summed E-state index contributed by atoms with van der Waals surface area (Å²) in [4.78, 5) is 14.8. The number of benzene rings is 2. The van der Waals surface area contributed by atoms with Crippen LogP contribution < -0.4 is 10.1 Å². The normalized spacial score (nSPS) is 12.0. The Kier molecular flexibility index (Phi) is 7.67. The van der Waals surface area contributed by atoms with Crippen molar-refractivity contribution in [2.24, 2.45) is 0 Å². The van der Waals surface area contributed by atoms with E-state index < -0.39 is 6.10 Å². The molecule has 0 unspecified atom stereocenters. The Morgan fingerprint density at radius 3 is 2.31 bits per heavy atom. The third-order valence-electron chi connectivity index (χ3n) is 4.55. The van der Waals surface area contributed by atoms with Gasteiger partial charge in [-0.05, 0) is 55.8 Å². The van der Waals surface area contributed by atoms with Crippen LogP contribution in [0.5, 0.6) is 5.75 Å². The number of carbonyl (C=O) groups excluding carboxylic acids is 1. The SMILES string of the molecule is CCc1ccccc1O[C@@H](C)C(=O)Nc1ccc(CN(CC)CC)cc1. The van der Waals surface area contributed by atoms with Gasteiger partial charge in [-0.25, -0.2) is 0 Å². The lowest BCUT2D eigenvalue weighted by atomic mass is 10.1. The molecule has 0 aromatic heterocycles. The van der Waals surface area contributed by atoms with Crippen LogP contribution in [0.1, 0.15) is 38.8 Å². The molecular formula is C22H30N2O2. The molecule has 2 aromatic carbocycles. The highest BCUT2D eigenvalue weighted by molar-refractivity contribution is 5.94. The third kappa shape index (κ3) is 5.60. The first-order valence-electron chi connectivity index (χ1n) is 9.44. The van der Waals surface area contributed by atoms with Crippen LogP contribution in [0.3, 0.4) is 0 Å². The average molecular weight is 354 g/mol. The molecule has 4 heteroatoms. The van der Waals surface area contributed by atoms with E-state index in [4.69, 9.17) is 4.74 Å². The van der Waals surface area contributed by atoms with E-state index in [1.807, 2.05) is 36.4 Å². The van der Waals surface area contributed by atoms with Crippen LogP contribution in [0.15, 0.2) is 48.5 Å². The predicted molar refractivity (Wildman–Crippen MR) is 108 cm³/mol. The van der Waals surface area contributed by atoms with Crippen LogP contribution in [0.2, 0.25) is 0 Å². The summed E-state index contributed by atoms with van der Waals surface area (Å²) in [6, 6.07) is 15.9. The Labute approximate surface area is 157 Å². The van der Waals surface area contributed by atoms with E-state index in [-0.39, 0.29) is 5.91 Å². The van der Waals surface area contributed by atoms with Crippen LogP contribution in [0, 0.1) is 0 Å². The van der Waals surface area contributed by atoms with Crippen molar-refractivity contribution in [3.63, 3.8) is 0 Å². The van der Waals surface area contributed by atoms with Crippen molar-refractivity contribution >= 4 is 11.6 Å². The Hall–Kier alpha value is -2.33. The summed E-state index contributed by atoms with van der Waals surface area (Å²) < 4.78 is 5.86. The quantitative estimate of drug-likeness (QED) is 0.721. The standard InChI is InChI=1S/C22H30N2O2/c1-5-19-10-8-9-11-21(19)26-17(4)22(25)23-20-14-12-18(13-15-20)16-24(6-2)7-3/h8-15,17H,5-7,16H2,1-4H3,(H,23,25)/t17-/m0/s1. The van der Waals surface area contributed by atoms with E-state index >= 15 is 0 Å². The van der Waals surface area contributed by atoms with Gasteiger partial charge in [0.15, 0.2) is 6.10 Å². The molecule has 1 atom stereocenters. The molecule has 0 aliphatic rings. The number of nitrogens with zero attached hydrogens (tertiary/aromatic N) is 1. The number of hydrogen-bond donors (Lipinski definition) is 1. The molecule has 0 saturated heterocycles. The summed E-state index contributed by atoms with van der Waals surface area (Å²) in [5.74, 6) is 0.625. The van der Waals surface area contributed by atoms with Gasteiger partial charge in [0.05, 0.1) is 0 Å². The number of rotatable bonds is 9. The maximum Gasteiger partial charge on any atom is 0.265 e. The number of anilines is 1. The lowest BCUT2D eigenvalue weighted by Crippen LogP contribution is -2.30. The minimum Gasteiger partial charge on any atom is -0.481 e. The van der Waals surface area contributed by atoms with Gasteiger partial charge in [-0.3, -0.25) is 9.69 Å². The molecule has 1 amide bonds. The van der Waals surface area contributed by atoms with Gasteiger partial charge in [0.25, 0.3) is 5.91 Å². The minimum atomic E-state index is -0.557. The highest BCUT2D eigenvalue weighted by atomic mass is 16.5. The second-order valence-electron chi connectivity index (χ2n) is 6.37. The van der Waals surface area contributed by atoms with Crippen molar-refractivity contribution in [3.05, 3.63) is 59.7 Å². The van der Waals surface area contributed by atoms with Gasteiger partial charge in [0, 0.05) is 12.2 Å². The topological polar surface area (TPSA) is 41.6 Å². The molecule has 140 valence electrons. The van der Waals surface area contributed by atoms with Crippen LogP contribution in [-0.2, 0) is 17.8 Å². The second-order valence-corrected chi connectivity index (χ2v) is 6.37. The number of carbonyl (C=O) groups is 1. The zero-order valence-electron chi connectivity index (χ0n) is 16.3. The van der Waals surface area contributed by atoms with Gasteiger partial charge >= 0.3 is 0 Å². The molecular weight excluding hydrogens is 324 g/mol. The van der Waals surface area contributed by atoms with Gasteiger partial charge in [-0.15, -0.1) is 0 Å². The number of ether oxygens (including phenoxy) is 1. The van der Waals surface area contributed by atoms with Crippen LogP contribution >= 0.6 is 0 Å². The maximum absolute atomic E-state index is 12.4. The zero-order chi connectivity index (χ0) is 18.9. The van der Waals surface area contributed by atoms with Gasteiger partial charge in [0.1, 0.15) is 5.75 Å². The van der Waals surface area contributed by atoms with Gasteiger partial charge in [-0.1, -0.05) is 51.1 Å². The largest absolute Gasteiger partial charge is 0.481 e. The van der Waals surface area contributed by atoms with Crippen LogP contribution in [0.4, 0.5) is 5.69 Å². The Morgan fingerprint density at radius 1 is 1.04 bits per heavy atom. The van der Waals surface area contributed by atoms with E-state index in [0.29, 0.717) is 0 Å². The Morgan fingerprint density at radius 2 is 1.69 bits per heavy atom. The van der Waals surface area contributed by atoms with E-state index in [1.54, 1.807) is 6.92 Å². The lowest BCUT2D eigenvalue weighted by Gasteiger charge is -2.19. The van der Waals surface area contributed by atoms with Gasteiger partial charge in [-0.2, -0.15) is 0 Å². The molecule has 26 heavy (non-hydrogen) atoms. The highest BCUT2D eigenvalue weighted by Gasteiger charge is 2.16. The molecule has 0 heterocycles. The van der Waals surface area contributed by atoms with Gasteiger partial charge in [0.2, 0.25) is 0 Å². The van der Waals surface area contributed by atoms with Crippen LogP contribution in [0.25, 0.3) is 0 Å². The molecule has 0 aliphatic carbocycles. The van der Waals surface area contributed by atoms with Crippen molar-refractivity contribution in [1.29, 1.82) is 0 Å². The first-order valence-corrected chi connectivity index (χ1v) is 9.44. The fraction of sp³-hybridized carbons (Fsp3) is 0.409. The van der Waals surface area contributed by atoms with E-state index in [0.717, 1.165) is 43.1 Å². The summed E-state index contributed by atoms with van der Waals surface area (Å²) in [6.07, 6.45) is 0.316. The van der Waals surface area contributed by atoms with Gasteiger partial charge < -0.3 is 10.1 Å². The van der Waals surface area contributed by atoms with Crippen molar-refractivity contribution in [2.45, 2.75) is 46.8 Å². The lowest BCUT2D eigenvalue weighted by molar-refractivity contribution is -0.122. The first-order chi connectivity index (χ1) is 12.6. The number of para-hydroxylation sites is 1. The maximum atomic E-state index is 12.4. The highest BCUT2D eigenvalue weighted by Crippen LogP contribution is 2.20. The van der Waals surface area contributed by atoms with Crippen molar-refractivity contribution in [2.75, 3.05) is 18.4 Å². The van der Waals surface area contributed by atoms with Crippen molar-refractivity contribution in [3.8, 4) is 5.75 Å². The predicted octanol–water partition coefficient (Wildman–Crippen LogP) is 4.50. The zero-order valence-corrected chi connectivity index (χ0v) is 16.3. The summed E-state index contributed by atoms with van der Waals surface area (Å²) in [6.45, 7) is 11.2. The molecule has 2 aromatic rings. The summed E-state index contributed by atoms with van der Waals surface area (Å²) in [5.41, 5.74) is 3.14.